The Balaban J connectivity index is 1.89. The minimum atomic E-state index is 0.294. The lowest BCUT2D eigenvalue weighted by Crippen LogP contribution is -2.37. The van der Waals surface area contributed by atoms with E-state index in [1.807, 2.05) is 30.6 Å². The molecule has 1 aromatic heterocycles. The lowest BCUT2D eigenvalue weighted by molar-refractivity contribution is 0.169. The van der Waals surface area contributed by atoms with Crippen LogP contribution in [0, 0.1) is 0 Å². The predicted molar refractivity (Wildman–Crippen MR) is 68.3 cm³/mol. The van der Waals surface area contributed by atoms with E-state index in [0.717, 1.165) is 36.0 Å². The second-order valence-electron chi connectivity index (χ2n) is 4.44. The number of nitrogens with one attached hydrogen (secondary N) is 1. The molecule has 0 radical (unpaired) electrons. The van der Waals surface area contributed by atoms with Crippen LogP contribution in [0.3, 0.4) is 0 Å². The number of fused-ring (bicyclic) bond motifs is 1. The first-order valence-electron chi connectivity index (χ1n) is 6.13. The lowest BCUT2D eigenvalue weighted by atomic mass is 10.1. The van der Waals surface area contributed by atoms with Gasteiger partial charge in [-0.15, -0.1) is 0 Å². The van der Waals surface area contributed by atoms with E-state index < -0.39 is 0 Å². The summed E-state index contributed by atoms with van der Waals surface area (Å²) in [5, 5.41) is 5.65. The highest BCUT2D eigenvalue weighted by Gasteiger charge is 2.15. The molecule has 2 heterocycles. The van der Waals surface area contributed by atoms with Crippen LogP contribution in [0.2, 0.25) is 0 Å². The first kappa shape index (κ1) is 10.5. The van der Waals surface area contributed by atoms with Crippen LogP contribution in [0.15, 0.2) is 36.7 Å². The molecule has 0 spiro atoms. The molecule has 88 valence electrons. The zero-order valence-corrected chi connectivity index (χ0v) is 9.73. The molecule has 0 bridgehead atoms. The topological polar surface area (TPSA) is 34.1 Å². The molecular weight excluding hydrogens is 212 g/mol. The zero-order chi connectivity index (χ0) is 11.5. The molecule has 17 heavy (non-hydrogen) atoms. The van der Waals surface area contributed by atoms with Crippen LogP contribution in [0.4, 0.5) is 0 Å². The fourth-order valence-corrected chi connectivity index (χ4v) is 2.30. The van der Waals surface area contributed by atoms with Gasteiger partial charge in [0, 0.05) is 29.7 Å². The minimum Gasteiger partial charge on any atom is -0.488 e. The summed E-state index contributed by atoms with van der Waals surface area (Å²) in [7, 11) is 0. The fourth-order valence-electron chi connectivity index (χ4n) is 2.30. The summed E-state index contributed by atoms with van der Waals surface area (Å²) in [5.41, 5.74) is 0. The Morgan fingerprint density at radius 2 is 2.29 bits per heavy atom. The van der Waals surface area contributed by atoms with Crippen molar-refractivity contribution in [2.24, 2.45) is 0 Å². The maximum atomic E-state index is 6.08. The molecule has 3 nitrogen and oxygen atoms in total. The summed E-state index contributed by atoms with van der Waals surface area (Å²) in [6.07, 6.45) is 6.31. The van der Waals surface area contributed by atoms with Gasteiger partial charge in [0.2, 0.25) is 0 Å². The van der Waals surface area contributed by atoms with E-state index in [2.05, 4.69) is 16.4 Å². The third kappa shape index (κ3) is 2.24. The molecule has 1 saturated heterocycles. The number of hydrogen-bond donors (Lipinski definition) is 1. The van der Waals surface area contributed by atoms with Crippen LogP contribution in [0.5, 0.6) is 5.75 Å². The van der Waals surface area contributed by atoms with Gasteiger partial charge in [0.25, 0.3) is 0 Å². The van der Waals surface area contributed by atoms with E-state index >= 15 is 0 Å². The number of rotatable bonds is 2. The summed E-state index contributed by atoms with van der Waals surface area (Å²) in [4.78, 5) is 4.13. The number of benzene rings is 1. The van der Waals surface area contributed by atoms with Gasteiger partial charge in [-0.3, -0.25) is 4.98 Å². The Bertz CT molecular complexity index is 501. The van der Waals surface area contributed by atoms with Gasteiger partial charge in [-0.25, -0.2) is 0 Å². The highest BCUT2D eigenvalue weighted by atomic mass is 16.5. The van der Waals surface area contributed by atoms with Crippen molar-refractivity contribution < 1.29 is 4.74 Å². The number of nitrogens with zero attached hydrogens (tertiary/aromatic N) is 1. The van der Waals surface area contributed by atoms with Gasteiger partial charge in [-0.2, -0.15) is 0 Å². The predicted octanol–water partition coefficient (Wildman–Crippen LogP) is 2.37. The van der Waals surface area contributed by atoms with Gasteiger partial charge in [0.1, 0.15) is 11.9 Å². The van der Waals surface area contributed by atoms with E-state index in [0.29, 0.717) is 6.10 Å². The molecular formula is C14H16N2O. The fraction of sp³-hybridized carbons (Fsp3) is 0.357. The Morgan fingerprint density at radius 3 is 3.18 bits per heavy atom. The second kappa shape index (κ2) is 4.72. The molecule has 1 unspecified atom stereocenters. The van der Waals surface area contributed by atoms with E-state index in [4.69, 9.17) is 4.74 Å². The van der Waals surface area contributed by atoms with Gasteiger partial charge in [-0.05, 0) is 31.5 Å². The van der Waals surface area contributed by atoms with Crippen molar-refractivity contribution in [3.8, 4) is 5.75 Å². The third-order valence-corrected chi connectivity index (χ3v) is 3.19. The van der Waals surface area contributed by atoms with E-state index in [-0.39, 0.29) is 0 Å². The van der Waals surface area contributed by atoms with Gasteiger partial charge < -0.3 is 10.1 Å². The highest BCUT2D eigenvalue weighted by Crippen LogP contribution is 2.26. The zero-order valence-electron chi connectivity index (χ0n) is 9.73. The SMILES string of the molecule is c1cc(OC2CCCNC2)c2ccncc2c1. The molecule has 1 N–H and O–H groups in total. The van der Waals surface area contributed by atoms with Crippen LogP contribution in [0.1, 0.15) is 12.8 Å². The van der Waals surface area contributed by atoms with Crippen LogP contribution in [0.25, 0.3) is 10.8 Å². The smallest absolute Gasteiger partial charge is 0.127 e. The van der Waals surface area contributed by atoms with Crippen molar-refractivity contribution in [3.05, 3.63) is 36.7 Å². The summed E-state index contributed by atoms with van der Waals surface area (Å²) in [5.74, 6) is 0.971. The van der Waals surface area contributed by atoms with E-state index in [1.165, 1.54) is 6.42 Å². The Labute approximate surface area is 101 Å². The maximum absolute atomic E-state index is 6.08. The number of aromatic nitrogens is 1. The maximum Gasteiger partial charge on any atom is 0.127 e. The summed E-state index contributed by atoms with van der Waals surface area (Å²) in [6, 6.07) is 8.14. The largest absolute Gasteiger partial charge is 0.488 e. The van der Waals surface area contributed by atoms with Crippen molar-refractivity contribution in [2.45, 2.75) is 18.9 Å². The van der Waals surface area contributed by atoms with Crippen LogP contribution in [-0.2, 0) is 0 Å². The molecule has 2 aromatic rings. The third-order valence-electron chi connectivity index (χ3n) is 3.19. The average molecular weight is 228 g/mol. The quantitative estimate of drug-likeness (QED) is 0.856. The molecule has 3 rings (SSSR count). The molecule has 1 fully saturated rings. The number of hydrogen-bond acceptors (Lipinski definition) is 3. The Kier molecular flexibility index (Phi) is 2.92. The molecule has 3 heteroatoms. The minimum absolute atomic E-state index is 0.294. The summed E-state index contributed by atoms with van der Waals surface area (Å²) >= 11 is 0. The lowest BCUT2D eigenvalue weighted by Gasteiger charge is -2.24. The van der Waals surface area contributed by atoms with Gasteiger partial charge in [0.05, 0.1) is 0 Å². The molecule has 0 saturated carbocycles. The highest BCUT2D eigenvalue weighted by molar-refractivity contribution is 5.87. The summed E-state index contributed by atoms with van der Waals surface area (Å²) in [6.45, 7) is 2.06. The van der Waals surface area contributed by atoms with Crippen molar-refractivity contribution in [1.29, 1.82) is 0 Å². The standard InChI is InChI=1S/C14H16N2O/c1-3-11-9-16-8-6-13(11)14(5-1)17-12-4-2-7-15-10-12/h1,3,5-6,8-9,12,15H,2,4,7,10H2. The van der Waals surface area contributed by atoms with Crippen LogP contribution in [-0.4, -0.2) is 24.2 Å². The molecule has 0 aliphatic carbocycles. The Morgan fingerprint density at radius 1 is 1.29 bits per heavy atom. The molecule has 1 aliphatic heterocycles. The van der Waals surface area contributed by atoms with Gasteiger partial charge >= 0.3 is 0 Å². The molecule has 1 aromatic carbocycles. The van der Waals surface area contributed by atoms with Crippen LogP contribution < -0.4 is 10.1 Å². The van der Waals surface area contributed by atoms with Crippen molar-refractivity contribution in [1.82, 2.24) is 10.3 Å². The number of ether oxygens (including phenoxy) is 1. The van der Waals surface area contributed by atoms with Gasteiger partial charge in [0.15, 0.2) is 0 Å². The molecule has 1 aliphatic rings. The van der Waals surface area contributed by atoms with Crippen molar-refractivity contribution in [2.75, 3.05) is 13.1 Å². The van der Waals surface area contributed by atoms with Crippen LogP contribution >= 0.6 is 0 Å². The molecule has 0 amide bonds. The second-order valence-corrected chi connectivity index (χ2v) is 4.44. The van der Waals surface area contributed by atoms with E-state index in [1.54, 1.807) is 0 Å². The number of piperidine rings is 1. The molecule has 1 atom stereocenters. The first-order valence-corrected chi connectivity index (χ1v) is 6.13. The Hall–Kier alpha value is -1.61. The normalized spacial score (nSPS) is 20.4. The summed E-state index contributed by atoms with van der Waals surface area (Å²) < 4.78 is 6.08. The van der Waals surface area contributed by atoms with Crippen molar-refractivity contribution in [3.63, 3.8) is 0 Å². The average Bonchev–Trinajstić information content (AvgIpc) is 2.40. The van der Waals surface area contributed by atoms with E-state index in [9.17, 15) is 0 Å². The van der Waals surface area contributed by atoms with Gasteiger partial charge in [-0.1, -0.05) is 12.1 Å². The first-order chi connectivity index (χ1) is 8.43. The monoisotopic (exact) mass is 228 g/mol. The number of pyridine rings is 1. The van der Waals surface area contributed by atoms with Crippen molar-refractivity contribution >= 4 is 10.8 Å².